The van der Waals surface area contributed by atoms with Crippen LogP contribution in [0.5, 0.6) is 5.75 Å². The average Bonchev–Trinajstić information content (AvgIpc) is 2.99. The van der Waals surface area contributed by atoms with Gasteiger partial charge in [-0.2, -0.15) is 0 Å². The van der Waals surface area contributed by atoms with E-state index in [1.54, 1.807) is 31.2 Å². The third-order valence-corrected chi connectivity index (χ3v) is 9.95. The Hall–Kier alpha value is -3.56. The zero-order valence-corrected chi connectivity index (χ0v) is 26.7. The fraction of sp³-hybridized carbons (Fsp3) is 0.394. The minimum Gasteiger partial charge on any atom is -0.495 e. The molecule has 1 aliphatic carbocycles. The molecule has 1 unspecified atom stereocenters. The number of sulfonamides is 1. The number of nitrogens with one attached hydrogen (secondary N) is 1. The number of aryl methyl sites for hydroxylation is 2. The standard InChI is InChI=1S/C33H40ClN3O5S/c1-23-13-16-29(17-14-23)43(40,41)37(28-15-18-31(42-4)30(34)20-28)22-32(38)36(21-26-10-8-9-24(2)19-26)25(3)33(39)35-27-11-6-5-7-12-27/h8-10,13-20,25,27H,5-7,11-12,21-22H2,1-4H3,(H,35,39). The number of hydrogen-bond acceptors (Lipinski definition) is 5. The number of ether oxygens (including phenoxy) is 1. The van der Waals surface area contributed by atoms with Crippen LogP contribution in [0, 0.1) is 13.8 Å². The van der Waals surface area contributed by atoms with E-state index in [-0.39, 0.29) is 34.1 Å². The van der Waals surface area contributed by atoms with E-state index in [4.69, 9.17) is 16.3 Å². The predicted molar refractivity (Wildman–Crippen MR) is 170 cm³/mol. The van der Waals surface area contributed by atoms with Gasteiger partial charge in [-0.3, -0.25) is 13.9 Å². The second-order valence-corrected chi connectivity index (χ2v) is 13.4. The number of carbonyl (C=O) groups excluding carboxylic acids is 2. The van der Waals surface area contributed by atoms with E-state index in [0.29, 0.717) is 5.75 Å². The second kappa shape index (κ2) is 14.3. The summed E-state index contributed by atoms with van der Waals surface area (Å²) in [6.45, 7) is 5.12. The molecule has 0 bridgehead atoms. The molecule has 0 heterocycles. The normalized spacial score (nSPS) is 14.5. The molecule has 3 aromatic rings. The van der Waals surface area contributed by atoms with Gasteiger partial charge in [0.25, 0.3) is 10.0 Å². The largest absolute Gasteiger partial charge is 0.495 e. The molecule has 10 heteroatoms. The molecule has 2 amide bonds. The van der Waals surface area contributed by atoms with Crippen molar-refractivity contribution in [1.29, 1.82) is 0 Å². The average molecular weight is 626 g/mol. The van der Waals surface area contributed by atoms with Crippen molar-refractivity contribution in [2.75, 3.05) is 18.0 Å². The van der Waals surface area contributed by atoms with Crippen molar-refractivity contribution in [2.24, 2.45) is 0 Å². The van der Waals surface area contributed by atoms with E-state index < -0.39 is 28.5 Å². The van der Waals surface area contributed by atoms with E-state index in [1.165, 1.54) is 30.2 Å². The molecule has 0 aromatic heterocycles. The minimum atomic E-state index is -4.20. The van der Waals surface area contributed by atoms with Gasteiger partial charge in [0.05, 0.1) is 22.7 Å². The zero-order chi connectivity index (χ0) is 31.1. The Balaban J connectivity index is 1.70. The molecule has 4 rings (SSSR count). The Kier molecular flexibility index (Phi) is 10.7. The molecule has 1 N–H and O–H groups in total. The topological polar surface area (TPSA) is 96.0 Å². The van der Waals surface area contributed by atoms with Crippen molar-refractivity contribution in [3.8, 4) is 5.75 Å². The van der Waals surface area contributed by atoms with Crippen LogP contribution in [-0.2, 0) is 26.2 Å². The van der Waals surface area contributed by atoms with E-state index in [1.807, 2.05) is 38.1 Å². The van der Waals surface area contributed by atoms with E-state index in [9.17, 15) is 18.0 Å². The zero-order valence-electron chi connectivity index (χ0n) is 25.2. The van der Waals surface area contributed by atoms with Crippen molar-refractivity contribution in [3.63, 3.8) is 0 Å². The highest BCUT2D eigenvalue weighted by Crippen LogP contribution is 2.32. The van der Waals surface area contributed by atoms with Gasteiger partial charge < -0.3 is 15.0 Å². The summed E-state index contributed by atoms with van der Waals surface area (Å²) in [6, 6.07) is 17.9. The molecule has 0 aliphatic heterocycles. The molecule has 1 fully saturated rings. The summed E-state index contributed by atoms with van der Waals surface area (Å²) in [7, 11) is -2.73. The number of anilines is 1. The predicted octanol–water partition coefficient (Wildman–Crippen LogP) is 6.03. The Bertz CT molecular complexity index is 1540. The molecule has 230 valence electrons. The van der Waals surface area contributed by atoms with Crippen molar-refractivity contribution >= 4 is 39.1 Å². The van der Waals surface area contributed by atoms with Crippen LogP contribution in [-0.4, -0.2) is 50.9 Å². The van der Waals surface area contributed by atoms with Crippen molar-refractivity contribution in [2.45, 2.75) is 76.4 Å². The van der Waals surface area contributed by atoms with Gasteiger partial charge in [0.15, 0.2) is 0 Å². The highest BCUT2D eigenvalue weighted by Gasteiger charge is 2.33. The molecular weight excluding hydrogens is 586 g/mol. The van der Waals surface area contributed by atoms with Gasteiger partial charge in [0, 0.05) is 12.6 Å². The minimum absolute atomic E-state index is 0.0335. The SMILES string of the molecule is COc1ccc(N(CC(=O)N(Cc2cccc(C)c2)C(C)C(=O)NC2CCCCC2)S(=O)(=O)c2ccc(C)cc2)cc1Cl. The first kappa shape index (κ1) is 32.4. The highest BCUT2D eigenvalue weighted by molar-refractivity contribution is 7.92. The fourth-order valence-electron chi connectivity index (χ4n) is 5.34. The number of hydrogen-bond donors (Lipinski definition) is 1. The molecular formula is C33H40ClN3O5S. The van der Waals surface area contributed by atoms with Crippen LogP contribution in [0.2, 0.25) is 5.02 Å². The lowest BCUT2D eigenvalue weighted by atomic mass is 9.95. The van der Waals surface area contributed by atoms with Crippen LogP contribution >= 0.6 is 11.6 Å². The number of halogens is 1. The van der Waals surface area contributed by atoms with Crippen molar-refractivity contribution in [1.82, 2.24) is 10.2 Å². The molecule has 0 saturated heterocycles. The molecule has 1 saturated carbocycles. The van der Waals surface area contributed by atoms with Crippen molar-refractivity contribution in [3.05, 3.63) is 88.4 Å². The lowest BCUT2D eigenvalue weighted by Crippen LogP contribution is -2.53. The highest BCUT2D eigenvalue weighted by atomic mass is 35.5. The molecule has 3 aromatic carbocycles. The van der Waals surface area contributed by atoms with Gasteiger partial charge in [-0.15, -0.1) is 0 Å². The number of amides is 2. The first-order valence-electron chi connectivity index (χ1n) is 14.6. The summed E-state index contributed by atoms with van der Waals surface area (Å²) in [5, 5.41) is 3.32. The molecule has 8 nitrogen and oxygen atoms in total. The lowest BCUT2D eigenvalue weighted by molar-refractivity contribution is -0.139. The number of nitrogens with zero attached hydrogens (tertiary/aromatic N) is 2. The van der Waals surface area contributed by atoms with E-state index in [2.05, 4.69) is 5.32 Å². The maximum atomic E-state index is 14.2. The fourth-order valence-corrected chi connectivity index (χ4v) is 6.99. The van der Waals surface area contributed by atoms with Gasteiger partial charge in [0.2, 0.25) is 11.8 Å². The van der Waals surface area contributed by atoms with E-state index in [0.717, 1.165) is 53.1 Å². The number of benzene rings is 3. The molecule has 0 spiro atoms. The summed E-state index contributed by atoms with van der Waals surface area (Å²) < 4.78 is 34.4. The molecule has 1 aliphatic rings. The van der Waals surface area contributed by atoms with Crippen LogP contribution in [0.1, 0.15) is 55.7 Å². The van der Waals surface area contributed by atoms with Crippen LogP contribution in [0.4, 0.5) is 5.69 Å². The van der Waals surface area contributed by atoms with Gasteiger partial charge in [0.1, 0.15) is 18.3 Å². The third-order valence-electron chi connectivity index (χ3n) is 7.87. The Morgan fingerprint density at radius 1 is 0.977 bits per heavy atom. The summed E-state index contributed by atoms with van der Waals surface area (Å²) in [4.78, 5) is 29.1. The van der Waals surface area contributed by atoms with Gasteiger partial charge in [-0.25, -0.2) is 8.42 Å². The second-order valence-electron chi connectivity index (χ2n) is 11.2. The quantitative estimate of drug-likeness (QED) is 0.281. The van der Waals surface area contributed by atoms with Crippen LogP contribution in [0.25, 0.3) is 0 Å². The molecule has 43 heavy (non-hydrogen) atoms. The summed E-state index contributed by atoms with van der Waals surface area (Å²) in [6.07, 6.45) is 5.08. The van der Waals surface area contributed by atoms with Gasteiger partial charge in [-0.05, 0) is 69.5 Å². The number of methoxy groups -OCH3 is 1. The van der Waals surface area contributed by atoms with Gasteiger partial charge in [-0.1, -0.05) is 78.4 Å². The summed E-state index contributed by atoms with van der Waals surface area (Å²) in [5.74, 6) is -0.401. The Morgan fingerprint density at radius 3 is 2.30 bits per heavy atom. The first-order valence-corrected chi connectivity index (χ1v) is 16.4. The Morgan fingerprint density at radius 2 is 1.67 bits per heavy atom. The smallest absolute Gasteiger partial charge is 0.264 e. The number of carbonyl (C=O) groups is 2. The Labute approximate surface area is 260 Å². The van der Waals surface area contributed by atoms with Crippen molar-refractivity contribution < 1.29 is 22.7 Å². The monoisotopic (exact) mass is 625 g/mol. The maximum Gasteiger partial charge on any atom is 0.264 e. The molecule has 0 radical (unpaired) electrons. The van der Waals surface area contributed by atoms with Crippen LogP contribution in [0.15, 0.2) is 71.6 Å². The van der Waals surface area contributed by atoms with Crippen LogP contribution < -0.4 is 14.4 Å². The van der Waals surface area contributed by atoms with Crippen LogP contribution in [0.3, 0.4) is 0 Å². The summed E-state index contributed by atoms with van der Waals surface area (Å²) in [5.41, 5.74) is 2.96. The maximum absolute atomic E-state index is 14.2. The summed E-state index contributed by atoms with van der Waals surface area (Å²) >= 11 is 6.40. The third kappa shape index (κ3) is 8.09. The molecule has 1 atom stereocenters. The first-order chi connectivity index (χ1) is 20.5. The number of rotatable bonds is 11. The van der Waals surface area contributed by atoms with E-state index >= 15 is 0 Å². The lowest BCUT2D eigenvalue weighted by Gasteiger charge is -2.33. The van der Waals surface area contributed by atoms with Gasteiger partial charge >= 0.3 is 0 Å².